The second kappa shape index (κ2) is 10.6. The number of nitrogens with one attached hydrogen (secondary N) is 1. The fourth-order valence-corrected chi connectivity index (χ4v) is 3.01. The molecule has 0 saturated heterocycles. The van der Waals surface area contributed by atoms with E-state index < -0.39 is 5.97 Å². The summed E-state index contributed by atoms with van der Waals surface area (Å²) >= 11 is 0. The van der Waals surface area contributed by atoms with E-state index in [4.69, 9.17) is 4.74 Å². The van der Waals surface area contributed by atoms with Crippen LogP contribution in [0.5, 0.6) is 0 Å². The van der Waals surface area contributed by atoms with Gasteiger partial charge < -0.3 is 10.1 Å². The first-order valence-electron chi connectivity index (χ1n) is 9.98. The van der Waals surface area contributed by atoms with E-state index >= 15 is 0 Å². The molecule has 28 heavy (non-hydrogen) atoms. The third-order valence-corrected chi connectivity index (χ3v) is 4.72. The average Bonchev–Trinajstić information content (AvgIpc) is 2.72. The highest BCUT2D eigenvalue weighted by Crippen LogP contribution is 2.14. The Balaban J connectivity index is 2.22. The second-order valence-corrected chi connectivity index (χ2v) is 6.79. The number of ether oxygens (including phenoxy) is 1. The Bertz CT molecular complexity index is 872. The molecule has 0 spiro atoms. The van der Waals surface area contributed by atoms with Gasteiger partial charge in [-0.25, -0.2) is 9.48 Å². The predicted molar refractivity (Wildman–Crippen MR) is 108 cm³/mol. The molecule has 0 saturated carbocycles. The van der Waals surface area contributed by atoms with Crippen LogP contribution in [0.3, 0.4) is 0 Å². The van der Waals surface area contributed by atoms with E-state index in [9.17, 15) is 14.4 Å². The highest BCUT2D eigenvalue weighted by molar-refractivity contribution is 6.02. The zero-order chi connectivity index (χ0) is 20.5. The smallest absolute Gasteiger partial charge is 0.359 e. The average molecular weight is 387 g/mol. The summed E-state index contributed by atoms with van der Waals surface area (Å²) in [6, 6.07) is 6.89. The number of nitrogens with zero attached hydrogens (tertiary/aromatic N) is 2. The Labute approximate surface area is 165 Å². The highest BCUT2D eigenvalue weighted by Gasteiger charge is 2.19. The molecule has 0 unspecified atom stereocenters. The zero-order valence-corrected chi connectivity index (χ0v) is 16.9. The lowest BCUT2D eigenvalue weighted by Gasteiger charge is -2.15. The van der Waals surface area contributed by atoms with E-state index in [1.54, 1.807) is 24.3 Å². The molecule has 7 heteroatoms. The van der Waals surface area contributed by atoms with Crippen LogP contribution in [0.25, 0.3) is 10.8 Å². The van der Waals surface area contributed by atoms with Crippen LogP contribution in [0.15, 0.2) is 29.1 Å². The molecule has 0 bridgehead atoms. The predicted octanol–water partition coefficient (Wildman–Crippen LogP) is 3.05. The van der Waals surface area contributed by atoms with Crippen LogP contribution < -0.4 is 10.9 Å². The van der Waals surface area contributed by atoms with Gasteiger partial charge in [-0.05, 0) is 25.3 Å². The maximum Gasteiger partial charge on any atom is 0.359 e. The molecule has 0 aliphatic rings. The van der Waals surface area contributed by atoms with Crippen molar-refractivity contribution in [2.75, 3.05) is 6.61 Å². The molecular formula is C21H29N3O4. The minimum absolute atomic E-state index is 0.0574. The molecule has 1 aromatic carbocycles. The Morgan fingerprint density at radius 1 is 1.11 bits per heavy atom. The first-order valence-corrected chi connectivity index (χ1v) is 9.98. The lowest BCUT2D eigenvalue weighted by molar-refractivity contribution is -0.125. The van der Waals surface area contributed by atoms with E-state index in [0.29, 0.717) is 17.3 Å². The van der Waals surface area contributed by atoms with Crippen molar-refractivity contribution in [2.24, 2.45) is 0 Å². The van der Waals surface area contributed by atoms with Crippen molar-refractivity contribution in [3.05, 3.63) is 40.3 Å². The molecule has 0 fully saturated rings. The van der Waals surface area contributed by atoms with Crippen LogP contribution in [0, 0.1) is 0 Å². The van der Waals surface area contributed by atoms with Gasteiger partial charge in [0, 0.05) is 18.0 Å². The van der Waals surface area contributed by atoms with E-state index in [1.165, 1.54) is 4.68 Å². The molecule has 1 heterocycles. The zero-order valence-electron chi connectivity index (χ0n) is 16.9. The van der Waals surface area contributed by atoms with E-state index in [2.05, 4.69) is 17.3 Å². The number of fused-ring (bicyclic) bond motifs is 1. The quantitative estimate of drug-likeness (QED) is 0.500. The molecule has 1 N–H and O–H groups in total. The Morgan fingerprint density at radius 2 is 1.79 bits per heavy atom. The minimum atomic E-state index is -0.708. The van der Waals surface area contributed by atoms with Crippen LogP contribution in [-0.4, -0.2) is 34.3 Å². The third-order valence-electron chi connectivity index (χ3n) is 4.72. The summed E-state index contributed by atoms with van der Waals surface area (Å²) in [4.78, 5) is 37.2. The van der Waals surface area contributed by atoms with Gasteiger partial charge in [-0.2, -0.15) is 5.10 Å². The SMILES string of the molecule is CCCCCn1nc(C(=O)OCC(=O)NC(CC)CC)c2ccccc2c1=O. The van der Waals surface area contributed by atoms with Crippen molar-refractivity contribution < 1.29 is 14.3 Å². The molecule has 0 radical (unpaired) electrons. The van der Waals surface area contributed by atoms with Gasteiger partial charge in [-0.15, -0.1) is 0 Å². The number of aryl methyl sites for hydroxylation is 1. The topological polar surface area (TPSA) is 90.3 Å². The van der Waals surface area contributed by atoms with Gasteiger partial charge in [0.25, 0.3) is 11.5 Å². The van der Waals surface area contributed by atoms with Gasteiger partial charge in [-0.3, -0.25) is 9.59 Å². The normalized spacial score (nSPS) is 11.0. The molecule has 2 rings (SSSR count). The van der Waals surface area contributed by atoms with E-state index in [0.717, 1.165) is 32.1 Å². The van der Waals surface area contributed by atoms with Gasteiger partial charge in [0.15, 0.2) is 12.3 Å². The molecule has 7 nitrogen and oxygen atoms in total. The minimum Gasteiger partial charge on any atom is -0.451 e. The summed E-state index contributed by atoms with van der Waals surface area (Å²) in [5.74, 6) is -1.05. The van der Waals surface area contributed by atoms with Gasteiger partial charge in [0.1, 0.15) is 0 Å². The number of carbonyl (C=O) groups is 2. The molecule has 1 aromatic heterocycles. The molecule has 0 aliphatic carbocycles. The van der Waals surface area contributed by atoms with Crippen molar-refractivity contribution in [1.29, 1.82) is 0 Å². The van der Waals surface area contributed by atoms with E-state index in [-0.39, 0.29) is 29.8 Å². The van der Waals surface area contributed by atoms with Crippen LogP contribution in [0.2, 0.25) is 0 Å². The summed E-state index contributed by atoms with van der Waals surface area (Å²) in [5.41, 5.74) is -0.170. The second-order valence-electron chi connectivity index (χ2n) is 6.79. The van der Waals surface area contributed by atoms with Gasteiger partial charge >= 0.3 is 5.97 Å². The van der Waals surface area contributed by atoms with Gasteiger partial charge in [-0.1, -0.05) is 51.8 Å². The highest BCUT2D eigenvalue weighted by atomic mass is 16.5. The lowest BCUT2D eigenvalue weighted by Crippen LogP contribution is -2.37. The van der Waals surface area contributed by atoms with Crippen LogP contribution in [-0.2, 0) is 16.1 Å². The van der Waals surface area contributed by atoms with Crippen molar-refractivity contribution in [3.63, 3.8) is 0 Å². The summed E-state index contributed by atoms with van der Waals surface area (Å²) < 4.78 is 6.50. The molecule has 0 atom stereocenters. The van der Waals surface area contributed by atoms with Crippen molar-refractivity contribution in [1.82, 2.24) is 15.1 Å². The van der Waals surface area contributed by atoms with Crippen LogP contribution in [0.1, 0.15) is 63.4 Å². The number of unbranched alkanes of at least 4 members (excludes halogenated alkanes) is 2. The number of benzene rings is 1. The summed E-state index contributed by atoms with van der Waals surface area (Å²) in [6.07, 6.45) is 4.41. The first kappa shape index (κ1) is 21.6. The van der Waals surface area contributed by atoms with Crippen LogP contribution in [0.4, 0.5) is 0 Å². The monoisotopic (exact) mass is 387 g/mol. The Kier molecular flexibility index (Phi) is 8.17. The number of rotatable bonds is 10. The number of carbonyl (C=O) groups excluding carboxylic acids is 2. The number of hydrogen-bond acceptors (Lipinski definition) is 5. The first-order chi connectivity index (χ1) is 13.5. The molecule has 0 aliphatic heterocycles. The molecular weight excluding hydrogens is 358 g/mol. The van der Waals surface area contributed by atoms with Crippen molar-refractivity contribution >= 4 is 22.6 Å². The van der Waals surface area contributed by atoms with Crippen LogP contribution >= 0.6 is 0 Å². The maximum atomic E-state index is 12.6. The fourth-order valence-electron chi connectivity index (χ4n) is 3.01. The lowest BCUT2D eigenvalue weighted by atomic mass is 10.1. The van der Waals surface area contributed by atoms with Crippen molar-refractivity contribution in [2.45, 2.75) is 65.5 Å². The number of esters is 1. The molecule has 2 aromatic rings. The fraction of sp³-hybridized carbons (Fsp3) is 0.524. The standard InChI is InChI=1S/C21H29N3O4/c1-4-7-10-13-24-20(26)17-12-9-8-11-16(17)19(23-24)21(27)28-14-18(25)22-15(5-2)6-3/h8-9,11-12,15H,4-7,10,13-14H2,1-3H3,(H,22,25). The third kappa shape index (κ3) is 5.41. The van der Waals surface area contributed by atoms with Gasteiger partial charge in [0.2, 0.25) is 0 Å². The maximum absolute atomic E-state index is 12.6. The molecule has 1 amide bonds. The Morgan fingerprint density at radius 3 is 2.43 bits per heavy atom. The van der Waals surface area contributed by atoms with Gasteiger partial charge in [0.05, 0.1) is 5.39 Å². The number of hydrogen-bond donors (Lipinski definition) is 1. The largest absolute Gasteiger partial charge is 0.451 e. The number of aromatic nitrogens is 2. The Hall–Kier alpha value is -2.70. The summed E-state index contributed by atoms with van der Waals surface area (Å²) in [5, 5.41) is 7.92. The molecule has 152 valence electrons. The number of amides is 1. The summed E-state index contributed by atoms with van der Waals surface area (Å²) in [6.45, 7) is 6.11. The van der Waals surface area contributed by atoms with E-state index in [1.807, 2.05) is 13.8 Å². The van der Waals surface area contributed by atoms with Crippen molar-refractivity contribution in [3.8, 4) is 0 Å². The summed E-state index contributed by atoms with van der Waals surface area (Å²) in [7, 11) is 0.